The van der Waals surface area contributed by atoms with Crippen LogP contribution in [-0.4, -0.2) is 18.6 Å². The van der Waals surface area contributed by atoms with Gasteiger partial charge in [0.1, 0.15) is 11.6 Å². The lowest BCUT2D eigenvalue weighted by atomic mass is 9.93. The molecule has 0 bridgehead atoms. The second kappa shape index (κ2) is 7.10. The lowest BCUT2D eigenvalue weighted by Gasteiger charge is -2.26. The predicted octanol–water partition coefficient (Wildman–Crippen LogP) is 3.92. The quantitative estimate of drug-likeness (QED) is 0.843. The van der Waals surface area contributed by atoms with Crippen molar-refractivity contribution in [2.75, 3.05) is 18.6 Å². The second-order valence-corrected chi connectivity index (χ2v) is 5.47. The van der Waals surface area contributed by atoms with Crippen LogP contribution in [0.3, 0.4) is 0 Å². The van der Waals surface area contributed by atoms with Crippen LogP contribution in [0.25, 0.3) is 0 Å². The lowest BCUT2D eigenvalue weighted by Crippen LogP contribution is -2.30. The fraction of sp³-hybridized carbons (Fsp3) is 0.571. The fourth-order valence-electron chi connectivity index (χ4n) is 2.13. The van der Waals surface area contributed by atoms with Crippen LogP contribution in [0.15, 0.2) is 12.1 Å². The highest BCUT2D eigenvalue weighted by Crippen LogP contribution is 2.30. The van der Waals surface area contributed by atoms with E-state index in [1.54, 1.807) is 18.7 Å². The van der Waals surface area contributed by atoms with E-state index in [0.717, 1.165) is 5.75 Å². The standard InChI is InChI=1S/C14H21F2NS/c1-5-17-14(10(3)8-18-4)12-11(15)7-6-9(2)13(12)16/h6-7,10,14,17H,5,8H2,1-4H3. The Balaban J connectivity index is 3.16. The predicted molar refractivity (Wildman–Crippen MR) is 75.1 cm³/mol. The molecular formula is C14H21F2NS. The van der Waals surface area contributed by atoms with Gasteiger partial charge in [0, 0.05) is 11.6 Å². The first-order valence-corrected chi connectivity index (χ1v) is 7.59. The van der Waals surface area contributed by atoms with Crippen LogP contribution in [0.4, 0.5) is 8.78 Å². The first kappa shape index (κ1) is 15.4. The van der Waals surface area contributed by atoms with Crippen LogP contribution in [0.5, 0.6) is 0 Å². The van der Waals surface area contributed by atoms with E-state index >= 15 is 0 Å². The summed E-state index contributed by atoms with van der Waals surface area (Å²) in [4.78, 5) is 0. The van der Waals surface area contributed by atoms with Crippen molar-refractivity contribution in [1.82, 2.24) is 5.32 Å². The summed E-state index contributed by atoms with van der Waals surface area (Å²) in [7, 11) is 0. The maximum atomic E-state index is 14.1. The monoisotopic (exact) mass is 273 g/mol. The molecule has 0 saturated carbocycles. The molecule has 0 heterocycles. The lowest BCUT2D eigenvalue weighted by molar-refractivity contribution is 0.391. The third-order valence-corrected chi connectivity index (χ3v) is 3.91. The molecule has 0 aliphatic rings. The molecule has 0 fully saturated rings. The van der Waals surface area contributed by atoms with Gasteiger partial charge in [-0.1, -0.05) is 19.9 Å². The summed E-state index contributed by atoms with van der Waals surface area (Å²) < 4.78 is 28.1. The molecule has 1 rings (SSSR count). The second-order valence-electron chi connectivity index (χ2n) is 4.56. The van der Waals surface area contributed by atoms with E-state index in [9.17, 15) is 8.78 Å². The van der Waals surface area contributed by atoms with Gasteiger partial charge in [-0.05, 0) is 43.0 Å². The van der Waals surface area contributed by atoms with E-state index < -0.39 is 11.6 Å². The van der Waals surface area contributed by atoms with Crippen LogP contribution in [0.2, 0.25) is 0 Å². The Bertz CT molecular complexity index is 396. The van der Waals surface area contributed by atoms with E-state index in [1.807, 2.05) is 20.1 Å². The van der Waals surface area contributed by atoms with Crippen LogP contribution in [-0.2, 0) is 0 Å². The van der Waals surface area contributed by atoms with Gasteiger partial charge in [-0.2, -0.15) is 11.8 Å². The molecule has 18 heavy (non-hydrogen) atoms. The molecule has 4 heteroatoms. The third kappa shape index (κ3) is 3.45. The minimum absolute atomic E-state index is 0.172. The third-order valence-electron chi connectivity index (χ3n) is 3.05. The van der Waals surface area contributed by atoms with E-state index in [-0.39, 0.29) is 17.5 Å². The van der Waals surface area contributed by atoms with Crippen molar-refractivity contribution in [1.29, 1.82) is 0 Å². The minimum atomic E-state index is -0.461. The molecule has 1 aromatic rings. The van der Waals surface area contributed by atoms with E-state index in [0.29, 0.717) is 12.1 Å². The number of halogens is 2. The van der Waals surface area contributed by atoms with Gasteiger partial charge in [-0.3, -0.25) is 0 Å². The Morgan fingerprint density at radius 3 is 2.56 bits per heavy atom. The van der Waals surface area contributed by atoms with Crippen molar-refractivity contribution >= 4 is 11.8 Å². The molecule has 0 amide bonds. The van der Waals surface area contributed by atoms with E-state index in [2.05, 4.69) is 5.32 Å². The van der Waals surface area contributed by atoms with Crippen LogP contribution >= 0.6 is 11.8 Å². The molecule has 0 radical (unpaired) electrons. The van der Waals surface area contributed by atoms with Crippen molar-refractivity contribution in [2.24, 2.45) is 5.92 Å². The zero-order valence-corrected chi connectivity index (χ0v) is 12.2. The first-order chi connectivity index (χ1) is 8.52. The Hall–Kier alpha value is -0.610. The number of hydrogen-bond acceptors (Lipinski definition) is 2. The Morgan fingerprint density at radius 2 is 2.00 bits per heavy atom. The number of aryl methyl sites for hydroxylation is 1. The Morgan fingerprint density at radius 1 is 1.33 bits per heavy atom. The van der Waals surface area contributed by atoms with Gasteiger partial charge in [0.25, 0.3) is 0 Å². The van der Waals surface area contributed by atoms with E-state index in [1.165, 1.54) is 12.1 Å². The van der Waals surface area contributed by atoms with Gasteiger partial charge >= 0.3 is 0 Å². The average molecular weight is 273 g/mol. The maximum absolute atomic E-state index is 14.1. The Kier molecular flexibility index (Phi) is 6.09. The van der Waals surface area contributed by atoms with Gasteiger partial charge in [0.05, 0.1) is 0 Å². The number of rotatable bonds is 6. The normalized spacial score (nSPS) is 14.6. The summed E-state index contributed by atoms with van der Waals surface area (Å²) in [5, 5.41) is 3.20. The largest absolute Gasteiger partial charge is 0.310 e. The maximum Gasteiger partial charge on any atom is 0.133 e. The molecule has 2 unspecified atom stereocenters. The highest BCUT2D eigenvalue weighted by atomic mass is 32.2. The Labute approximate surface area is 112 Å². The molecule has 0 aromatic heterocycles. The summed E-state index contributed by atoms with van der Waals surface area (Å²) in [6.45, 7) is 6.33. The van der Waals surface area contributed by atoms with Crippen molar-refractivity contribution in [2.45, 2.75) is 26.8 Å². The zero-order chi connectivity index (χ0) is 13.7. The highest BCUT2D eigenvalue weighted by Gasteiger charge is 2.25. The van der Waals surface area contributed by atoms with Crippen LogP contribution in [0, 0.1) is 24.5 Å². The number of hydrogen-bond donors (Lipinski definition) is 1. The molecule has 0 aliphatic heterocycles. The zero-order valence-electron chi connectivity index (χ0n) is 11.4. The van der Waals surface area contributed by atoms with Crippen molar-refractivity contribution < 1.29 is 8.78 Å². The number of benzene rings is 1. The summed E-state index contributed by atoms with van der Waals surface area (Å²) >= 11 is 1.69. The molecular weight excluding hydrogens is 252 g/mol. The van der Waals surface area contributed by atoms with Crippen molar-refractivity contribution in [3.05, 3.63) is 34.9 Å². The van der Waals surface area contributed by atoms with Gasteiger partial charge < -0.3 is 5.32 Å². The van der Waals surface area contributed by atoms with E-state index in [4.69, 9.17) is 0 Å². The highest BCUT2D eigenvalue weighted by molar-refractivity contribution is 7.98. The number of nitrogens with one attached hydrogen (secondary N) is 1. The van der Waals surface area contributed by atoms with Crippen molar-refractivity contribution in [3.63, 3.8) is 0 Å². The summed E-state index contributed by atoms with van der Waals surface area (Å²) in [6.07, 6.45) is 2.00. The number of thioether (sulfide) groups is 1. The van der Waals surface area contributed by atoms with Gasteiger partial charge in [-0.25, -0.2) is 8.78 Å². The van der Waals surface area contributed by atoms with Gasteiger partial charge in [0.2, 0.25) is 0 Å². The first-order valence-electron chi connectivity index (χ1n) is 6.19. The molecule has 0 spiro atoms. The molecule has 0 aliphatic carbocycles. The molecule has 1 aromatic carbocycles. The summed E-state index contributed by atoms with van der Waals surface area (Å²) in [5.74, 6) is 0.154. The summed E-state index contributed by atoms with van der Waals surface area (Å²) in [5.41, 5.74) is 0.670. The van der Waals surface area contributed by atoms with Crippen LogP contribution in [0.1, 0.15) is 31.0 Å². The average Bonchev–Trinajstić information content (AvgIpc) is 2.33. The molecule has 0 saturated heterocycles. The topological polar surface area (TPSA) is 12.0 Å². The van der Waals surface area contributed by atoms with Crippen molar-refractivity contribution in [3.8, 4) is 0 Å². The molecule has 1 N–H and O–H groups in total. The minimum Gasteiger partial charge on any atom is -0.310 e. The molecule has 102 valence electrons. The summed E-state index contributed by atoms with van der Waals surface area (Å²) in [6, 6.07) is 2.56. The molecule has 2 atom stereocenters. The van der Waals surface area contributed by atoms with Crippen LogP contribution < -0.4 is 5.32 Å². The molecule has 1 nitrogen and oxygen atoms in total. The van der Waals surface area contributed by atoms with Gasteiger partial charge in [0.15, 0.2) is 0 Å². The van der Waals surface area contributed by atoms with Gasteiger partial charge in [-0.15, -0.1) is 0 Å². The fourth-order valence-corrected chi connectivity index (χ4v) is 2.85. The SMILES string of the molecule is CCNC(c1c(F)ccc(C)c1F)C(C)CSC. The smallest absolute Gasteiger partial charge is 0.133 e.